The van der Waals surface area contributed by atoms with Crippen molar-refractivity contribution in [3.05, 3.63) is 35.9 Å². The molecule has 0 aliphatic heterocycles. The van der Waals surface area contributed by atoms with Gasteiger partial charge in [0.25, 0.3) is 0 Å². The maximum absolute atomic E-state index is 4.90. The lowest BCUT2D eigenvalue weighted by molar-refractivity contribution is 0.0593. The second kappa shape index (κ2) is 4.91. The van der Waals surface area contributed by atoms with Crippen molar-refractivity contribution in [2.75, 3.05) is 7.11 Å². The predicted molar refractivity (Wildman–Crippen MR) is 49.6 cm³/mol. The Hall–Kier alpha value is -0.860. The molecule has 1 unspecified atom stereocenters. The van der Waals surface area contributed by atoms with Crippen molar-refractivity contribution in [2.24, 2.45) is 0 Å². The van der Waals surface area contributed by atoms with Gasteiger partial charge in [-0.15, -0.1) is 0 Å². The van der Waals surface area contributed by atoms with E-state index >= 15 is 0 Å². The first kappa shape index (κ1) is 9.23. The SMILES string of the molecule is CCC(NOC)c1ccccc1. The minimum Gasteiger partial charge on any atom is -0.305 e. The molecule has 0 aliphatic carbocycles. The smallest absolute Gasteiger partial charge is 0.0572 e. The lowest BCUT2D eigenvalue weighted by atomic mass is 10.1. The molecule has 0 aromatic heterocycles. The van der Waals surface area contributed by atoms with Crippen LogP contribution in [0.1, 0.15) is 24.9 Å². The van der Waals surface area contributed by atoms with Gasteiger partial charge in [0.1, 0.15) is 0 Å². The van der Waals surface area contributed by atoms with E-state index in [0.717, 1.165) is 6.42 Å². The van der Waals surface area contributed by atoms with Crippen LogP contribution in [0.3, 0.4) is 0 Å². The fourth-order valence-electron chi connectivity index (χ4n) is 1.21. The largest absolute Gasteiger partial charge is 0.305 e. The quantitative estimate of drug-likeness (QED) is 0.691. The third-order valence-corrected chi connectivity index (χ3v) is 1.87. The molecular formula is C10H15NO. The van der Waals surface area contributed by atoms with E-state index in [0.29, 0.717) is 6.04 Å². The maximum atomic E-state index is 4.90. The molecule has 12 heavy (non-hydrogen) atoms. The molecule has 2 nitrogen and oxygen atoms in total. The van der Waals surface area contributed by atoms with Gasteiger partial charge in [-0.25, -0.2) is 0 Å². The van der Waals surface area contributed by atoms with Gasteiger partial charge >= 0.3 is 0 Å². The Kier molecular flexibility index (Phi) is 3.77. The molecule has 0 saturated heterocycles. The molecular weight excluding hydrogens is 150 g/mol. The first-order chi connectivity index (χ1) is 5.88. The third-order valence-electron chi connectivity index (χ3n) is 1.87. The summed E-state index contributed by atoms with van der Waals surface area (Å²) in [6.07, 6.45) is 1.03. The Morgan fingerprint density at radius 1 is 1.33 bits per heavy atom. The van der Waals surface area contributed by atoms with Crippen LogP contribution in [0.15, 0.2) is 30.3 Å². The van der Waals surface area contributed by atoms with Crippen molar-refractivity contribution in [1.29, 1.82) is 0 Å². The Bertz CT molecular complexity index is 210. The summed E-state index contributed by atoms with van der Waals surface area (Å²) in [5.41, 5.74) is 4.21. The molecule has 66 valence electrons. The number of hydroxylamine groups is 1. The summed E-state index contributed by atoms with van der Waals surface area (Å²) in [6.45, 7) is 2.13. The molecule has 1 atom stereocenters. The van der Waals surface area contributed by atoms with E-state index in [9.17, 15) is 0 Å². The Morgan fingerprint density at radius 3 is 2.50 bits per heavy atom. The molecule has 2 heteroatoms. The van der Waals surface area contributed by atoms with E-state index in [4.69, 9.17) is 4.84 Å². The van der Waals surface area contributed by atoms with Gasteiger partial charge in [0, 0.05) is 0 Å². The molecule has 0 bridgehead atoms. The highest BCUT2D eigenvalue weighted by molar-refractivity contribution is 5.18. The number of hydrogen-bond acceptors (Lipinski definition) is 2. The third kappa shape index (κ3) is 2.32. The molecule has 0 heterocycles. The van der Waals surface area contributed by atoms with Gasteiger partial charge < -0.3 is 4.84 Å². The average Bonchev–Trinajstić information content (AvgIpc) is 2.15. The van der Waals surface area contributed by atoms with Crippen LogP contribution >= 0.6 is 0 Å². The number of hydrogen-bond donors (Lipinski definition) is 1. The van der Waals surface area contributed by atoms with Crippen molar-refractivity contribution >= 4 is 0 Å². The molecule has 1 aromatic rings. The normalized spacial score (nSPS) is 12.8. The predicted octanol–water partition coefficient (Wildman–Crippen LogP) is 2.29. The van der Waals surface area contributed by atoms with E-state index in [1.165, 1.54) is 5.56 Å². The zero-order valence-corrected chi connectivity index (χ0v) is 7.58. The maximum Gasteiger partial charge on any atom is 0.0572 e. The molecule has 0 saturated carbocycles. The van der Waals surface area contributed by atoms with E-state index < -0.39 is 0 Å². The molecule has 1 aromatic carbocycles. The molecule has 1 rings (SSSR count). The highest BCUT2D eigenvalue weighted by atomic mass is 16.6. The summed E-state index contributed by atoms with van der Waals surface area (Å²) in [4.78, 5) is 4.90. The van der Waals surface area contributed by atoms with Crippen molar-refractivity contribution in [3.63, 3.8) is 0 Å². The molecule has 0 aliphatic rings. The van der Waals surface area contributed by atoms with Crippen LogP contribution < -0.4 is 5.48 Å². The lowest BCUT2D eigenvalue weighted by Gasteiger charge is -2.14. The summed E-state index contributed by atoms with van der Waals surface area (Å²) in [5, 5.41) is 0. The molecule has 0 amide bonds. The monoisotopic (exact) mass is 165 g/mol. The van der Waals surface area contributed by atoms with Gasteiger partial charge in [0.05, 0.1) is 13.2 Å². The summed E-state index contributed by atoms with van der Waals surface area (Å²) in [6, 6.07) is 10.6. The summed E-state index contributed by atoms with van der Waals surface area (Å²) < 4.78 is 0. The second-order valence-corrected chi connectivity index (χ2v) is 2.69. The second-order valence-electron chi connectivity index (χ2n) is 2.69. The van der Waals surface area contributed by atoms with Crippen LogP contribution in [0.2, 0.25) is 0 Å². The zero-order valence-electron chi connectivity index (χ0n) is 7.58. The Labute approximate surface area is 73.5 Å². The summed E-state index contributed by atoms with van der Waals surface area (Å²) >= 11 is 0. The van der Waals surface area contributed by atoms with E-state index in [-0.39, 0.29) is 0 Å². The van der Waals surface area contributed by atoms with Crippen LogP contribution in [0, 0.1) is 0 Å². The fraction of sp³-hybridized carbons (Fsp3) is 0.400. The van der Waals surface area contributed by atoms with E-state index in [1.807, 2.05) is 18.2 Å². The Balaban J connectivity index is 2.66. The standard InChI is InChI=1S/C10H15NO/c1-3-10(11-12-2)9-7-5-4-6-8-9/h4-8,10-11H,3H2,1-2H3. The fourth-order valence-corrected chi connectivity index (χ4v) is 1.21. The van der Waals surface area contributed by atoms with Crippen LogP contribution in [0.4, 0.5) is 0 Å². The number of nitrogens with one attached hydrogen (secondary N) is 1. The zero-order chi connectivity index (χ0) is 8.81. The lowest BCUT2D eigenvalue weighted by Crippen LogP contribution is -2.18. The minimum absolute atomic E-state index is 0.302. The molecule has 0 radical (unpaired) electrons. The number of rotatable bonds is 4. The molecule has 1 N–H and O–H groups in total. The average molecular weight is 165 g/mol. The highest BCUT2D eigenvalue weighted by Crippen LogP contribution is 2.14. The topological polar surface area (TPSA) is 21.3 Å². The van der Waals surface area contributed by atoms with Crippen molar-refractivity contribution in [3.8, 4) is 0 Å². The van der Waals surface area contributed by atoms with Crippen molar-refractivity contribution in [2.45, 2.75) is 19.4 Å². The van der Waals surface area contributed by atoms with Crippen LogP contribution in [0.25, 0.3) is 0 Å². The van der Waals surface area contributed by atoms with Crippen molar-refractivity contribution < 1.29 is 4.84 Å². The van der Waals surface area contributed by atoms with Gasteiger partial charge in [-0.3, -0.25) is 0 Å². The first-order valence-electron chi connectivity index (χ1n) is 4.22. The van der Waals surface area contributed by atoms with Crippen LogP contribution in [0.5, 0.6) is 0 Å². The van der Waals surface area contributed by atoms with Gasteiger partial charge in [0.2, 0.25) is 0 Å². The number of benzene rings is 1. The molecule has 0 spiro atoms. The summed E-state index contributed by atoms with van der Waals surface area (Å²) in [5.74, 6) is 0. The first-order valence-corrected chi connectivity index (χ1v) is 4.22. The summed E-state index contributed by atoms with van der Waals surface area (Å²) in [7, 11) is 1.64. The van der Waals surface area contributed by atoms with Crippen LogP contribution in [-0.4, -0.2) is 7.11 Å². The van der Waals surface area contributed by atoms with E-state index in [1.54, 1.807) is 7.11 Å². The Morgan fingerprint density at radius 2 is 2.00 bits per heavy atom. The van der Waals surface area contributed by atoms with Gasteiger partial charge in [-0.2, -0.15) is 5.48 Å². The minimum atomic E-state index is 0.302. The van der Waals surface area contributed by atoms with Gasteiger partial charge in [-0.1, -0.05) is 37.3 Å². The molecule has 0 fully saturated rings. The highest BCUT2D eigenvalue weighted by Gasteiger charge is 2.06. The van der Waals surface area contributed by atoms with Crippen LogP contribution in [-0.2, 0) is 4.84 Å². The van der Waals surface area contributed by atoms with E-state index in [2.05, 4.69) is 24.5 Å². The van der Waals surface area contributed by atoms with Gasteiger partial charge in [0.15, 0.2) is 0 Å². The van der Waals surface area contributed by atoms with Gasteiger partial charge in [-0.05, 0) is 12.0 Å². The van der Waals surface area contributed by atoms with Crippen molar-refractivity contribution in [1.82, 2.24) is 5.48 Å².